The minimum Gasteiger partial charge on any atom is -0.0616 e. The number of benzene rings is 8. The maximum Gasteiger partial charge on any atom is 0.0165 e. The fourth-order valence-electron chi connectivity index (χ4n) is 7.66. The van der Waals surface area contributed by atoms with Gasteiger partial charge in [-0.1, -0.05) is 129 Å². The van der Waals surface area contributed by atoms with Crippen molar-refractivity contribution in [3.8, 4) is 22.3 Å². The molecule has 182 valence electrons. The van der Waals surface area contributed by atoms with Crippen LogP contribution >= 0.6 is 0 Å². The molecule has 0 saturated heterocycles. The molecule has 1 aliphatic rings. The van der Waals surface area contributed by atoms with Crippen LogP contribution in [0.1, 0.15) is 25.0 Å². The van der Waals surface area contributed by atoms with Crippen LogP contribution in [0.15, 0.2) is 121 Å². The first kappa shape index (κ1) is 21.3. The van der Waals surface area contributed by atoms with E-state index < -0.39 is 0 Å². The van der Waals surface area contributed by atoms with Gasteiger partial charge >= 0.3 is 0 Å². The molecule has 9 rings (SSSR count). The zero-order valence-electron chi connectivity index (χ0n) is 22.0. The van der Waals surface area contributed by atoms with Gasteiger partial charge in [-0.2, -0.15) is 0 Å². The van der Waals surface area contributed by atoms with Crippen molar-refractivity contribution in [3.05, 3.63) is 132 Å². The molecule has 8 aromatic rings. The van der Waals surface area contributed by atoms with Gasteiger partial charge in [0.05, 0.1) is 0 Å². The van der Waals surface area contributed by atoms with E-state index in [4.69, 9.17) is 0 Å². The van der Waals surface area contributed by atoms with Gasteiger partial charge < -0.3 is 0 Å². The van der Waals surface area contributed by atoms with E-state index in [0.29, 0.717) is 0 Å². The van der Waals surface area contributed by atoms with E-state index in [1.165, 1.54) is 87.2 Å². The lowest BCUT2D eigenvalue weighted by molar-refractivity contribution is 0.666. The maximum absolute atomic E-state index is 2.47. The Balaban J connectivity index is 1.38. The summed E-state index contributed by atoms with van der Waals surface area (Å²) in [6.45, 7) is 4.80. The average Bonchev–Trinajstić information content (AvgIpc) is 3.22. The zero-order valence-corrected chi connectivity index (χ0v) is 22.0. The Hall–Kier alpha value is -4.68. The van der Waals surface area contributed by atoms with E-state index in [1.807, 2.05) is 0 Å². The zero-order chi connectivity index (χ0) is 25.9. The van der Waals surface area contributed by atoms with Crippen molar-refractivity contribution >= 4 is 53.9 Å². The molecule has 0 spiro atoms. The van der Waals surface area contributed by atoms with E-state index in [-0.39, 0.29) is 5.41 Å². The van der Waals surface area contributed by atoms with E-state index in [0.717, 1.165) is 0 Å². The summed E-state index contributed by atoms with van der Waals surface area (Å²) in [4.78, 5) is 0. The quantitative estimate of drug-likeness (QED) is 0.199. The third-order valence-electron chi connectivity index (χ3n) is 9.36. The predicted octanol–water partition coefficient (Wildman–Crippen LogP) is 10.9. The van der Waals surface area contributed by atoms with Gasteiger partial charge in [0.2, 0.25) is 0 Å². The largest absolute Gasteiger partial charge is 0.0616 e. The number of fused-ring (bicyclic) bond motifs is 8. The monoisotopic (exact) mass is 494 g/mol. The Morgan fingerprint density at radius 2 is 1.05 bits per heavy atom. The summed E-state index contributed by atoms with van der Waals surface area (Å²) < 4.78 is 0. The highest BCUT2D eigenvalue weighted by Crippen LogP contribution is 2.55. The van der Waals surface area contributed by atoms with Crippen molar-refractivity contribution in [3.63, 3.8) is 0 Å². The molecule has 0 bridgehead atoms. The minimum absolute atomic E-state index is 0.0739. The molecule has 39 heavy (non-hydrogen) atoms. The Bertz CT molecular complexity index is 2280. The highest BCUT2D eigenvalue weighted by Gasteiger charge is 2.38. The van der Waals surface area contributed by atoms with Crippen molar-refractivity contribution in [1.29, 1.82) is 0 Å². The standard InChI is InChI=1S/C39H26/c1-39(2)34-21-18-26(27-19-16-25-15-14-23-8-7-9-24-17-20-31(27)36(25)35(23)24)22-33(34)37-30-12-5-3-10-28(30)29-11-4-6-13-32(29)38(37)39/h3-22H,1-2H3. The van der Waals surface area contributed by atoms with Gasteiger partial charge in [0.1, 0.15) is 0 Å². The van der Waals surface area contributed by atoms with E-state index >= 15 is 0 Å². The van der Waals surface area contributed by atoms with Gasteiger partial charge in [-0.05, 0) is 93.3 Å². The smallest absolute Gasteiger partial charge is 0.0165 e. The molecule has 0 aromatic heterocycles. The van der Waals surface area contributed by atoms with Crippen LogP contribution in [-0.4, -0.2) is 0 Å². The predicted molar refractivity (Wildman–Crippen MR) is 168 cm³/mol. The summed E-state index contributed by atoms with van der Waals surface area (Å²) >= 11 is 0. The van der Waals surface area contributed by atoms with Crippen LogP contribution in [0.5, 0.6) is 0 Å². The van der Waals surface area contributed by atoms with Gasteiger partial charge in [0.15, 0.2) is 0 Å². The first-order chi connectivity index (χ1) is 19.1. The number of hydrogen-bond donors (Lipinski definition) is 0. The molecule has 0 radical (unpaired) electrons. The van der Waals surface area contributed by atoms with Crippen molar-refractivity contribution in [1.82, 2.24) is 0 Å². The molecule has 0 atom stereocenters. The van der Waals surface area contributed by atoms with Crippen LogP contribution in [0.25, 0.3) is 76.1 Å². The molecular formula is C39H26. The van der Waals surface area contributed by atoms with E-state index in [1.54, 1.807) is 0 Å². The summed E-state index contributed by atoms with van der Waals surface area (Å²) in [5, 5.41) is 13.4. The van der Waals surface area contributed by atoms with Crippen LogP contribution in [-0.2, 0) is 5.41 Å². The van der Waals surface area contributed by atoms with Crippen LogP contribution in [0.2, 0.25) is 0 Å². The summed E-state index contributed by atoms with van der Waals surface area (Å²) in [5.74, 6) is 0. The summed E-state index contributed by atoms with van der Waals surface area (Å²) in [6, 6.07) is 45.5. The molecular weight excluding hydrogens is 468 g/mol. The van der Waals surface area contributed by atoms with Gasteiger partial charge in [0.25, 0.3) is 0 Å². The first-order valence-corrected chi connectivity index (χ1v) is 13.9. The summed E-state index contributed by atoms with van der Waals surface area (Å²) in [7, 11) is 0. The lowest BCUT2D eigenvalue weighted by Crippen LogP contribution is -2.15. The SMILES string of the molecule is CC1(C)c2ccc(-c3ccc4ccc5cccc6ccc3c4c56)cc2-c2c1c1ccccc1c1ccccc21. The molecule has 8 aromatic carbocycles. The molecule has 0 unspecified atom stereocenters. The van der Waals surface area contributed by atoms with Crippen molar-refractivity contribution in [2.75, 3.05) is 0 Å². The molecule has 0 heteroatoms. The van der Waals surface area contributed by atoms with Crippen LogP contribution in [0.4, 0.5) is 0 Å². The molecule has 0 fully saturated rings. The molecule has 0 nitrogen and oxygen atoms in total. The lowest BCUT2D eigenvalue weighted by atomic mass is 9.79. The first-order valence-electron chi connectivity index (χ1n) is 13.9. The third kappa shape index (κ3) is 2.64. The highest BCUT2D eigenvalue weighted by atomic mass is 14.4. The lowest BCUT2D eigenvalue weighted by Gasteiger charge is -2.24. The molecule has 0 aliphatic heterocycles. The minimum atomic E-state index is -0.0739. The van der Waals surface area contributed by atoms with Gasteiger partial charge in [-0.3, -0.25) is 0 Å². The van der Waals surface area contributed by atoms with Gasteiger partial charge in [-0.15, -0.1) is 0 Å². The molecule has 0 N–H and O–H groups in total. The fourth-order valence-corrected chi connectivity index (χ4v) is 7.66. The average molecular weight is 495 g/mol. The highest BCUT2D eigenvalue weighted by molar-refractivity contribution is 6.25. The van der Waals surface area contributed by atoms with E-state index in [9.17, 15) is 0 Å². The molecule has 0 saturated carbocycles. The molecule has 0 amide bonds. The molecule has 1 aliphatic carbocycles. The second-order valence-electron chi connectivity index (χ2n) is 11.7. The topological polar surface area (TPSA) is 0 Å². The second kappa shape index (κ2) is 7.24. The van der Waals surface area contributed by atoms with Crippen LogP contribution in [0, 0.1) is 0 Å². The van der Waals surface area contributed by atoms with Crippen molar-refractivity contribution < 1.29 is 0 Å². The van der Waals surface area contributed by atoms with Crippen molar-refractivity contribution in [2.24, 2.45) is 0 Å². The summed E-state index contributed by atoms with van der Waals surface area (Å²) in [5.41, 5.74) is 8.17. The molecule has 0 heterocycles. The van der Waals surface area contributed by atoms with Crippen LogP contribution < -0.4 is 0 Å². The normalized spacial score (nSPS) is 14.1. The van der Waals surface area contributed by atoms with Crippen LogP contribution in [0.3, 0.4) is 0 Å². The number of hydrogen-bond acceptors (Lipinski definition) is 0. The van der Waals surface area contributed by atoms with Gasteiger partial charge in [0, 0.05) is 5.41 Å². The van der Waals surface area contributed by atoms with Crippen molar-refractivity contribution in [2.45, 2.75) is 19.3 Å². The van der Waals surface area contributed by atoms with Gasteiger partial charge in [-0.25, -0.2) is 0 Å². The Kier molecular flexibility index (Phi) is 3.95. The number of rotatable bonds is 1. The maximum atomic E-state index is 2.47. The third-order valence-corrected chi connectivity index (χ3v) is 9.36. The second-order valence-corrected chi connectivity index (χ2v) is 11.7. The van der Waals surface area contributed by atoms with E-state index in [2.05, 4.69) is 135 Å². The fraction of sp³-hybridized carbons (Fsp3) is 0.0769. The Morgan fingerprint density at radius 3 is 1.82 bits per heavy atom. The Morgan fingerprint density at radius 1 is 0.436 bits per heavy atom. The Labute approximate surface area is 227 Å². The summed E-state index contributed by atoms with van der Waals surface area (Å²) in [6.07, 6.45) is 0.